The topological polar surface area (TPSA) is 60.5 Å². The third-order valence-electron chi connectivity index (χ3n) is 3.26. The van der Waals surface area contributed by atoms with Crippen LogP contribution in [0.5, 0.6) is 11.5 Å². The van der Waals surface area contributed by atoms with E-state index < -0.39 is 0 Å². The summed E-state index contributed by atoms with van der Waals surface area (Å²) in [6, 6.07) is 11.0. The first-order chi connectivity index (χ1) is 10.3. The molecule has 0 radical (unpaired) electrons. The fourth-order valence-corrected chi connectivity index (χ4v) is 2.16. The summed E-state index contributed by atoms with van der Waals surface area (Å²) in [5.41, 5.74) is 1.62. The summed E-state index contributed by atoms with van der Waals surface area (Å²) in [4.78, 5) is 16.3. The first-order valence-electron chi connectivity index (χ1n) is 6.91. The molecule has 0 spiro atoms. The van der Waals surface area contributed by atoms with Crippen molar-refractivity contribution in [2.75, 3.05) is 13.3 Å². The first kappa shape index (κ1) is 13.4. The van der Waals surface area contributed by atoms with E-state index in [1.165, 1.54) is 0 Å². The number of rotatable bonds is 5. The van der Waals surface area contributed by atoms with Crippen molar-refractivity contribution in [3.63, 3.8) is 0 Å². The average Bonchev–Trinajstić information content (AvgIpc) is 3.00. The van der Waals surface area contributed by atoms with Gasteiger partial charge in [-0.25, -0.2) is 0 Å². The monoisotopic (exact) mass is 284 g/mol. The van der Waals surface area contributed by atoms with Crippen molar-refractivity contribution in [3.05, 3.63) is 53.9 Å². The molecule has 0 unspecified atom stereocenters. The number of aryl methyl sites for hydroxylation is 1. The number of nitrogens with one attached hydrogen (secondary N) is 1. The minimum atomic E-state index is -0.102. The summed E-state index contributed by atoms with van der Waals surface area (Å²) in [6.07, 6.45) is 3.48. The number of fused-ring (bicyclic) bond motifs is 1. The Labute approximate surface area is 122 Å². The maximum Gasteiger partial charge on any atom is 0.251 e. The Morgan fingerprint density at radius 1 is 1.19 bits per heavy atom. The van der Waals surface area contributed by atoms with Gasteiger partial charge in [-0.15, -0.1) is 0 Å². The van der Waals surface area contributed by atoms with Gasteiger partial charge in [0.2, 0.25) is 6.79 Å². The van der Waals surface area contributed by atoms with Gasteiger partial charge in [-0.2, -0.15) is 0 Å². The number of ether oxygens (including phenoxy) is 2. The quantitative estimate of drug-likeness (QED) is 0.855. The Morgan fingerprint density at radius 3 is 2.95 bits per heavy atom. The lowest BCUT2D eigenvalue weighted by atomic mass is 10.2. The standard InChI is InChI=1S/C16H16N2O3/c19-16(12-6-7-14-15(10-12)21-11-20-14)18-9-3-5-13-4-1-2-8-17-13/h1-2,4,6-8,10H,3,5,9,11H2,(H,18,19). The smallest absolute Gasteiger partial charge is 0.251 e. The van der Waals surface area contributed by atoms with Crippen LogP contribution in [0.2, 0.25) is 0 Å². The van der Waals surface area contributed by atoms with Crippen LogP contribution < -0.4 is 14.8 Å². The minimum Gasteiger partial charge on any atom is -0.454 e. The molecule has 5 nitrogen and oxygen atoms in total. The van der Waals surface area contributed by atoms with Crippen LogP contribution in [0.25, 0.3) is 0 Å². The Bertz CT molecular complexity index is 629. The van der Waals surface area contributed by atoms with Crippen molar-refractivity contribution in [2.45, 2.75) is 12.8 Å². The molecule has 5 heteroatoms. The third kappa shape index (κ3) is 3.31. The average molecular weight is 284 g/mol. The van der Waals surface area contributed by atoms with Crippen molar-refractivity contribution >= 4 is 5.91 Å². The van der Waals surface area contributed by atoms with Gasteiger partial charge in [0, 0.05) is 24.0 Å². The highest BCUT2D eigenvalue weighted by atomic mass is 16.7. The number of carbonyl (C=O) groups excluding carboxylic acids is 1. The van der Waals surface area contributed by atoms with E-state index in [0.29, 0.717) is 23.6 Å². The van der Waals surface area contributed by atoms with Crippen molar-refractivity contribution < 1.29 is 14.3 Å². The molecular formula is C16H16N2O3. The molecule has 3 rings (SSSR count). The lowest BCUT2D eigenvalue weighted by Crippen LogP contribution is -2.24. The maximum atomic E-state index is 12.0. The maximum absolute atomic E-state index is 12.0. The summed E-state index contributed by atoms with van der Waals surface area (Å²) in [5, 5.41) is 2.90. The van der Waals surface area contributed by atoms with Gasteiger partial charge in [-0.05, 0) is 43.2 Å². The van der Waals surface area contributed by atoms with Crippen molar-refractivity contribution in [1.82, 2.24) is 10.3 Å². The van der Waals surface area contributed by atoms with E-state index in [0.717, 1.165) is 18.5 Å². The summed E-state index contributed by atoms with van der Waals surface area (Å²) in [5.74, 6) is 1.20. The van der Waals surface area contributed by atoms with E-state index in [-0.39, 0.29) is 12.7 Å². The molecule has 0 saturated carbocycles. The van der Waals surface area contributed by atoms with Crippen LogP contribution in [-0.4, -0.2) is 24.2 Å². The van der Waals surface area contributed by atoms with Crippen LogP contribution >= 0.6 is 0 Å². The summed E-state index contributed by atoms with van der Waals surface area (Å²) in [6.45, 7) is 0.828. The van der Waals surface area contributed by atoms with Gasteiger partial charge in [0.15, 0.2) is 11.5 Å². The molecule has 0 atom stereocenters. The predicted octanol–water partition coefficient (Wildman–Crippen LogP) is 2.17. The SMILES string of the molecule is O=C(NCCCc1ccccn1)c1ccc2c(c1)OCO2. The van der Waals surface area contributed by atoms with Gasteiger partial charge in [-0.3, -0.25) is 9.78 Å². The van der Waals surface area contributed by atoms with Gasteiger partial charge < -0.3 is 14.8 Å². The minimum absolute atomic E-state index is 0.102. The molecule has 0 aliphatic carbocycles. The molecule has 1 aromatic carbocycles. The number of benzene rings is 1. The zero-order valence-corrected chi connectivity index (χ0v) is 11.5. The molecule has 0 fully saturated rings. The lowest BCUT2D eigenvalue weighted by Gasteiger charge is -2.06. The molecule has 2 heterocycles. The van der Waals surface area contributed by atoms with Crippen LogP contribution in [-0.2, 0) is 6.42 Å². The molecule has 0 bridgehead atoms. The zero-order valence-electron chi connectivity index (χ0n) is 11.5. The molecule has 0 saturated heterocycles. The zero-order chi connectivity index (χ0) is 14.5. The third-order valence-corrected chi connectivity index (χ3v) is 3.26. The van der Waals surface area contributed by atoms with Gasteiger partial charge in [0.1, 0.15) is 0 Å². The largest absolute Gasteiger partial charge is 0.454 e. The first-order valence-corrected chi connectivity index (χ1v) is 6.91. The Morgan fingerprint density at radius 2 is 2.10 bits per heavy atom. The number of amides is 1. The van der Waals surface area contributed by atoms with Gasteiger partial charge in [0.25, 0.3) is 5.91 Å². The number of hydrogen-bond acceptors (Lipinski definition) is 4. The lowest BCUT2D eigenvalue weighted by molar-refractivity contribution is 0.0952. The second-order valence-corrected chi connectivity index (χ2v) is 4.75. The Kier molecular flexibility index (Phi) is 4.00. The molecule has 1 aliphatic rings. The van der Waals surface area contributed by atoms with Crippen LogP contribution in [0.4, 0.5) is 0 Å². The highest BCUT2D eigenvalue weighted by Gasteiger charge is 2.15. The van der Waals surface area contributed by atoms with E-state index in [2.05, 4.69) is 10.3 Å². The Balaban J connectivity index is 1.48. The van der Waals surface area contributed by atoms with E-state index in [4.69, 9.17) is 9.47 Å². The number of hydrogen-bond donors (Lipinski definition) is 1. The number of carbonyl (C=O) groups is 1. The fourth-order valence-electron chi connectivity index (χ4n) is 2.16. The number of nitrogens with zero attached hydrogens (tertiary/aromatic N) is 1. The predicted molar refractivity (Wildman–Crippen MR) is 77.5 cm³/mol. The van der Waals surface area contributed by atoms with Crippen LogP contribution in [0.3, 0.4) is 0 Å². The van der Waals surface area contributed by atoms with Crippen molar-refractivity contribution in [1.29, 1.82) is 0 Å². The van der Waals surface area contributed by atoms with Crippen molar-refractivity contribution in [3.8, 4) is 11.5 Å². The molecular weight excluding hydrogens is 268 g/mol. The number of aromatic nitrogens is 1. The Hall–Kier alpha value is -2.56. The van der Waals surface area contributed by atoms with Crippen LogP contribution in [0, 0.1) is 0 Å². The highest BCUT2D eigenvalue weighted by molar-refractivity contribution is 5.94. The molecule has 1 aliphatic heterocycles. The molecule has 1 N–H and O–H groups in total. The summed E-state index contributed by atoms with van der Waals surface area (Å²) >= 11 is 0. The van der Waals surface area contributed by atoms with Crippen LogP contribution in [0.15, 0.2) is 42.6 Å². The van der Waals surface area contributed by atoms with Crippen molar-refractivity contribution in [2.24, 2.45) is 0 Å². The van der Waals surface area contributed by atoms with E-state index in [1.54, 1.807) is 24.4 Å². The fraction of sp³-hybridized carbons (Fsp3) is 0.250. The molecule has 2 aromatic rings. The molecule has 108 valence electrons. The normalized spacial score (nSPS) is 12.2. The van der Waals surface area contributed by atoms with Crippen LogP contribution in [0.1, 0.15) is 22.5 Å². The van der Waals surface area contributed by atoms with E-state index >= 15 is 0 Å². The van der Waals surface area contributed by atoms with Gasteiger partial charge in [0.05, 0.1) is 0 Å². The second kappa shape index (κ2) is 6.26. The van der Waals surface area contributed by atoms with Gasteiger partial charge in [-0.1, -0.05) is 6.07 Å². The van der Waals surface area contributed by atoms with E-state index in [1.807, 2.05) is 18.2 Å². The second-order valence-electron chi connectivity index (χ2n) is 4.75. The summed E-state index contributed by atoms with van der Waals surface area (Å²) in [7, 11) is 0. The van der Waals surface area contributed by atoms with E-state index in [9.17, 15) is 4.79 Å². The van der Waals surface area contributed by atoms with Gasteiger partial charge >= 0.3 is 0 Å². The number of pyridine rings is 1. The molecule has 21 heavy (non-hydrogen) atoms. The summed E-state index contributed by atoms with van der Waals surface area (Å²) < 4.78 is 10.5. The highest BCUT2D eigenvalue weighted by Crippen LogP contribution is 2.32. The molecule has 1 aromatic heterocycles. The molecule has 1 amide bonds.